The summed E-state index contributed by atoms with van der Waals surface area (Å²) in [7, 11) is 0. The maximum atomic E-state index is 9.45. The third kappa shape index (κ3) is 11.7. The molecule has 0 amide bonds. The highest BCUT2D eigenvalue weighted by atomic mass is 16.5. The van der Waals surface area contributed by atoms with E-state index in [2.05, 4.69) is 26.1 Å². The summed E-state index contributed by atoms with van der Waals surface area (Å²) in [6, 6.07) is 0. The van der Waals surface area contributed by atoms with Gasteiger partial charge in [0, 0.05) is 18.8 Å². The lowest BCUT2D eigenvalue weighted by Crippen LogP contribution is -2.46. The molecule has 0 aliphatic carbocycles. The van der Waals surface area contributed by atoms with Crippen LogP contribution in [0.1, 0.15) is 78.6 Å². The third-order valence-corrected chi connectivity index (χ3v) is 3.81. The zero-order valence-corrected chi connectivity index (χ0v) is 14.0. The summed E-state index contributed by atoms with van der Waals surface area (Å²) in [6.07, 6.45) is 11.0. The molecule has 0 bridgehead atoms. The Morgan fingerprint density at radius 3 is 2.20 bits per heavy atom. The lowest BCUT2D eigenvalue weighted by molar-refractivity contribution is 0.107. The van der Waals surface area contributed by atoms with E-state index in [1.165, 1.54) is 38.5 Å². The molecule has 0 aliphatic heterocycles. The van der Waals surface area contributed by atoms with Crippen LogP contribution in [0.15, 0.2) is 0 Å². The number of hydrogen-bond donors (Lipinski definition) is 2. The highest BCUT2D eigenvalue weighted by molar-refractivity contribution is 4.81. The minimum atomic E-state index is -0.139. The van der Waals surface area contributed by atoms with Gasteiger partial charge in [0.2, 0.25) is 0 Å². The van der Waals surface area contributed by atoms with Gasteiger partial charge in [0.25, 0.3) is 0 Å². The normalized spacial score (nSPS) is 14.4. The largest absolute Gasteiger partial charge is 0.394 e. The quantitative estimate of drug-likeness (QED) is 0.449. The molecule has 0 aromatic heterocycles. The first kappa shape index (κ1) is 19.9. The molecule has 0 rings (SSSR count). The minimum absolute atomic E-state index is 0.139. The van der Waals surface area contributed by atoms with Crippen LogP contribution in [0.25, 0.3) is 0 Å². The summed E-state index contributed by atoms with van der Waals surface area (Å²) >= 11 is 0. The number of nitrogens with one attached hydrogen (secondary N) is 1. The smallest absolute Gasteiger partial charge is 0.0610 e. The molecule has 122 valence electrons. The van der Waals surface area contributed by atoms with Crippen LogP contribution in [-0.4, -0.2) is 37.0 Å². The average Bonchev–Trinajstić information content (AvgIpc) is 2.47. The highest BCUT2D eigenvalue weighted by Crippen LogP contribution is 2.12. The van der Waals surface area contributed by atoms with Gasteiger partial charge in [0.15, 0.2) is 0 Å². The van der Waals surface area contributed by atoms with Crippen molar-refractivity contribution in [3.05, 3.63) is 0 Å². The Morgan fingerprint density at radius 1 is 0.900 bits per heavy atom. The molecule has 0 spiro atoms. The van der Waals surface area contributed by atoms with Crippen LogP contribution in [0.3, 0.4) is 0 Å². The summed E-state index contributed by atoms with van der Waals surface area (Å²) in [5.41, 5.74) is -0.139. The fourth-order valence-corrected chi connectivity index (χ4v) is 2.30. The van der Waals surface area contributed by atoms with Gasteiger partial charge in [-0.05, 0) is 39.2 Å². The Labute approximate surface area is 126 Å². The Hall–Kier alpha value is -0.120. The van der Waals surface area contributed by atoms with Gasteiger partial charge in [0.1, 0.15) is 0 Å². The van der Waals surface area contributed by atoms with Crippen LogP contribution in [0.5, 0.6) is 0 Å². The van der Waals surface area contributed by atoms with Gasteiger partial charge < -0.3 is 15.2 Å². The summed E-state index contributed by atoms with van der Waals surface area (Å²) in [6.45, 7) is 9.37. The topological polar surface area (TPSA) is 41.5 Å². The maximum Gasteiger partial charge on any atom is 0.0610 e. The SMILES string of the molecule is CCCCCCCCOCCCC(C)(CO)NCCC. The van der Waals surface area contributed by atoms with Crippen molar-refractivity contribution in [2.24, 2.45) is 0 Å². The Bertz CT molecular complexity index is 199. The molecule has 1 atom stereocenters. The van der Waals surface area contributed by atoms with Crippen molar-refractivity contribution in [1.29, 1.82) is 0 Å². The number of unbranched alkanes of at least 4 members (excludes halogenated alkanes) is 5. The molecular weight excluding hydrogens is 250 g/mol. The highest BCUT2D eigenvalue weighted by Gasteiger charge is 2.21. The Kier molecular flexibility index (Phi) is 13.8. The van der Waals surface area contributed by atoms with Gasteiger partial charge in [0.05, 0.1) is 6.61 Å². The maximum absolute atomic E-state index is 9.45. The standard InChI is InChI=1S/C17H37NO2/c1-4-6-7-8-9-10-14-20-15-11-12-17(3,16-19)18-13-5-2/h18-19H,4-16H2,1-3H3. The molecule has 0 aliphatic rings. The number of ether oxygens (including phenoxy) is 1. The molecule has 1 unspecified atom stereocenters. The lowest BCUT2D eigenvalue weighted by atomic mass is 9.97. The molecule has 0 aromatic carbocycles. The number of rotatable bonds is 15. The van der Waals surface area contributed by atoms with Crippen molar-refractivity contribution in [2.45, 2.75) is 84.1 Å². The second-order valence-corrected chi connectivity index (χ2v) is 6.13. The summed E-state index contributed by atoms with van der Waals surface area (Å²) < 4.78 is 5.68. The zero-order valence-electron chi connectivity index (χ0n) is 14.0. The van der Waals surface area contributed by atoms with Gasteiger partial charge in [-0.2, -0.15) is 0 Å². The van der Waals surface area contributed by atoms with E-state index in [0.717, 1.165) is 39.0 Å². The van der Waals surface area contributed by atoms with Crippen LogP contribution >= 0.6 is 0 Å². The van der Waals surface area contributed by atoms with Crippen molar-refractivity contribution in [3.8, 4) is 0 Å². The summed E-state index contributed by atoms with van der Waals surface area (Å²) in [4.78, 5) is 0. The molecule has 0 saturated heterocycles. The summed E-state index contributed by atoms with van der Waals surface area (Å²) in [5.74, 6) is 0. The first-order chi connectivity index (χ1) is 9.68. The second kappa shape index (κ2) is 13.8. The van der Waals surface area contributed by atoms with E-state index < -0.39 is 0 Å². The molecule has 0 fully saturated rings. The first-order valence-corrected chi connectivity index (χ1v) is 8.62. The predicted molar refractivity (Wildman–Crippen MR) is 87.2 cm³/mol. The lowest BCUT2D eigenvalue weighted by Gasteiger charge is -2.28. The van der Waals surface area contributed by atoms with Crippen LogP contribution in [0.4, 0.5) is 0 Å². The van der Waals surface area contributed by atoms with Crippen LogP contribution in [0, 0.1) is 0 Å². The Balaban J connectivity index is 3.37. The fraction of sp³-hybridized carbons (Fsp3) is 1.00. The molecule has 0 saturated carbocycles. The van der Waals surface area contributed by atoms with Crippen LogP contribution in [0.2, 0.25) is 0 Å². The van der Waals surface area contributed by atoms with Crippen molar-refractivity contribution < 1.29 is 9.84 Å². The molecule has 0 radical (unpaired) electrons. The molecule has 2 N–H and O–H groups in total. The van der Waals surface area contributed by atoms with Gasteiger partial charge >= 0.3 is 0 Å². The van der Waals surface area contributed by atoms with Gasteiger partial charge in [-0.1, -0.05) is 46.0 Å². The van der Waals surface area contributed by atoms with Gasteiger partial charge in [-0.3, -0.25) is 0 Å². The molecule has 20 heavy (non-hydrogen) atoms. The van der Waals surface area contributed by atoms with Crippen molar-refractivity contribution in [2.75, 3.05) is 26.4 Å². The third-order valence-electron chi connectivity index (χ3n) is 3.81. The fourth-order valence-electron chi connectivity index (χ4n) is 2.30. The summed E-state index contributed by atoms with van der Waals surface area (Å²) in [5, 5.41) is 12.9. The van der Waals surface area contributed by atoms with E-state index >= 15 is 0 Å². The molecular formula is C17H37NO2. The molecule has 3 heteroatoms. The second-order valence-electron chi connectivity index (χ2n) is 6.13. The molecule has 0 heterocycles. The monoisotopic (exact) mass is 287 g/mol. The van der Waals surface area contributed by atoms with Crippen molar-refractivity contribution in [1.82, 2.24) is 5.32 Å². The van der Waals surface area contributed by atoms with Crippen molar-refractivity contribution >= 4 is 0 Å². The van der Waals surface area contributed by atoms with Gasteiger partial charge in [-0.25, -0.2) is 0 Å². The Morgan fingerprint density at radius 2 is 1.55 bits per heavy atom. The predicted octanol–water partition coefficient (Wildman–Crippen LogP) is 3.89. The van der Waals surface area contributed by atoms with E-state index in [-0.39, 0.29) is 12.1 Å². The molecule has 0 aromatic rings. The number of hydrogen-bond acceptors (Lipinski definition) is 3. The van der Waals surface area contributed by atoms with E-state index in [1.807, 2.05) is 0 Å². The van der Waals surface area contributed by atoms with Crippen LogP contribution in [-0.2, 0) is 4.74 Å². The van der Waals surface area contributed by atoms with Gasteiger partial charge in [-0.15, -0.1) is 0 Å². The van der Waals surface area contributed by atoms with E-state index in [4.69, 9.17) is 4.74 Å². The first-order valence-electron chi connectivity index (χ1n) is 8.62. The van der Waals surface area contributed by atoms with E-state index in [0.29, 0.717) is 0 Å². The van der Waals surface area contributed by atoms with Crippen molar-refractivity contribution in [3.63, 3.8) is 0 Å². The van der Waals surface area contributed by atoms with E-state index in [9.17, 15) is 5.11 Å². The average molecular weight is 287 g/mol. The number of aliphatic hydroxyl groups excluding tert-OH is 1. The zero-order chi connectivity index (χ0) is 15.1. The van der Waals surface area contributed by atoms with Crippen LogP contribution < -0.4 is 5.32 Å². The number of aliphatic hydroxyl groups is 1. The minimum Gasteiger partial charge on any atom is -0.394 e. The van der Waals surface area contributed by atoms with E-state index in [1.54, 1.807) is 0 Å². The molecule has 3 nitrogen and oxygen atoms in total.